The summed E-state index contributed by atoms with van der Waals surface area (Å²) in [4.78, 5) is 22.7. The average Bonchev–Trinajstić information content (AvgIpc) is 2.38. The Morgan fingerprint density at radius 1 is 1.39 bits per heavy atom. The largest absolute Gasteiger partial charge is 0.496 e. The summed E-state index contributed by atoms with van der Waals surface area (Å²) in [5, 5.41) is 5.16. The number of methoxy groups -OCH3 is 1. The number of rotatable bonds is 5. The Hall–Kier alpha value is -1.56. The quantitative estimate of drug-likeness (QED) is 0.861. The van der Waals surface area contributed by atoms with Crippen LogP contribution in [0.25, 0.3) is 0 Å². The van der Waals surface area contributed by atoms with E-state index in [0.29, 0.717) is 22.3 Å². The Kier molecular flexibility index (Phi) is 5.64. The van der Waals surface area contributed by atoms with Crippen molar-refractivity contribution in [3.05, 3.63) is 28.2 Å². The van der Waals surface area contributed by atoms with Gasteiger partial charge in [-0.3, -0.25) is 9.59 Å². The lowest BCUT2D eigenvalue weighted by molar-refractivity contribution is -0.120. The lowest BCUT2D eigenvalue weighted by Crippen LogP contribution is -2.29. The molecular weight excluding hydrogens is 300 g/mol. The first kappa shape index (κ1) is 14.5. The molecule has 0 saturated carbocycles. The third-order valence-corrected chi connectivity index (χ3v) is 2.95. The SMILES string of the molecule is CNC(=O)CCNC(=O)c1ccc(OC)c(Br)c1. The summed E-state index contributed by atoms with van der Waals surface area (Å²) < 4.78 is 5.79. The zero-order chi connectivity index (χ0) is 13.5. The first-order valence-electron chi connectivity index (χ1n) is 5.40. The molecular formula is C12H15BrN2O3. The normalized spacial score (nSPS) is 9.72. The van der Waals surface area contributed by atoms with Crippen molar-refractivity contribution in [1.29, 1.82) is 0 Å². The van der Waals surface area contributed by atoms with Crippen molar-refractivity contribution in [2.75, 3.05) is 20.7 Å². The van der Waals surface area contributed by atoms with Crippen LogP contribution < -0.4 is 15.4 Å². The minimum atomic E-state index is -0.220. The number of amides is 2. The van der Waals surface area contributed by atoms with Gasteiger partial charge in [0.15, 0.2) is 0 Å². The molecule has 98 valence electrons. The predicted octanol–water partition coefficient (Wildman–Crippen LogP) is 1.32. The highest BCUT2D eigenvalue weighted by molar-refractivity contribution is 9.10. The van der Waals surface area contributed by atoms with Crippen LogP contribution in [-0.2, 0) is 4.79 Å². The molecule has 0 fully saturated rings. The molecule has 0 aliphatic heterocycles. The topological polar surface area (TPSA) is 67.4 Å². The summed E-state index contributed by atoms with van der Waals surface area (Å²) in [6, 6.07) is 5.05. The fourth-order valence-electron chi connectivity index (χ4n) is 1.32. The molecule has 0 atom stereocenters. The van der Waals surface area contributed by atoms with Crippen molar-refractivity contribution in [1.82, 2.24) is 10.6 Å². The third kappa shape index (κ3) is 4.03. The molecule has 0 radical (unpaired) electrons. The Bertz CT molecular complexity index is 449. The van der Waals surface area contributed by atoms with Crippen LogP contribution in [0.2, 0.25) is 0 Å². The lowest BCUT2D eigenvalue weighted by Gasteiger charge is -2.07. The van der Waals surface area contributed by atoms with Crippen molar-refractivity contribution in [2.24, 2.45) is 0 Å². The minimum Gasteiger partial charge on any atom is -0.496 e. The molecule has 2 amide bonds. The Morgan fingerprint density at radius 3 is 2.67 bits per heavy atom. The Balaban J connectivity index is 2.56. The van der Waals surface area contributed by atoms with Gasteiger partial charge in [0.25, 0.3) is 5.91 Å². The van der Waals surface area contributed by atoms with E-state index in [1.54, 1.807) is 32.4 Å². The van der Waals surface area contributed by atoms with E-state index in [2.05, 4.69) is 26.6 Å². The van der Waals surface area contributed by atoms with Crippen molar-refractivity contribution in [3.63, 3.8) is 0 Å². The second kappa shape index (κ2) is 7.00. The fraction of sp³-hybridized carbons (Fsp3) is 0.333. The number of halogens is 1. The van der Waals surface area contributed by atoms with Gasteiger partial charge in [-0.05, 0) is 34.1 Å². The van der Waals surface area contributed by atoms with Gasteiger partial charge >= 0.3 is 0 Å². The van der Waals surface area contributed by atoms with Crippen LogP contribution >= 0.6 is 15.9 Å². The molecule has 0 saturated heterocycles. The van der Waals surface area contributed by atoms with Crippen molar-refractivity contribution < 1.29 is 14.3 Å². The molecule has 0 aliphatic carbocycles. The summed E-state index contributed by atoms with van der Waals surface area (Å²) >= 11 is 3.31. The van der Waals surface area contributed by atoms with Crippen LogP contribution in [0.4, 0.5) is 0 Å². The average molecular weight is 315 g/mol. The van der Waals surface area contributed by atoms with Gasteiger partial charge in [-0.2, -0.15) is 0 Å². The highest BCUT2D eigenvalue weighted by Crippen LogP contribution is 2.25. The summed E-state index contributed by atoms with van der Waals surface area (Å²) in [5.41, 5.74) is 0.514. The number of benzene rings is 1. The molecule has 0 aromatic heterocycles. The van der Waals surface area contributed by atoms with Gasteiger partial charge in [-0.25, -0.2) is 0 Å². The standard InChI is InChI=1S/C12H15BrN2O3/c1-14-11(16)5-6-15-12(17)8-3-4-10(18-2)9(13)7-8/h3-4,7H,5-6H2,1-2H3,(H,14,16)(H,15,17). The molecule has 0 spiro atoms. The van der Waals surface area contributed by atoms with Crippen LogP contribution in [0.15, 0.2) is 22.7 Å². The molecule has 6 heteroatoms. The van der Waals surface area contributed by atoms with Crippen LogP contribution in [0.1, 0.15) is 16.8 Å². The second-order valence-corrected chi connectivity index (χ2v) is 4.38. The summed E-state index contributed by atoms with van der Waals surface area (Å²) in [5.74, 6) is 0.338. The van der Waals surface area contributed by atoms with E-state index in [4.69, 9.17) is 4.74 Å². The van der Waals surface area contributed by atoms with Crippen LogP contribution in [0.3, 0.4) is 0 Å². The predicted molar refractivity (Wildman–Crippen MR) is 71.7 cm³/mol. The molecule has 2 N–H and O–H groups in total. The molecule has 0 heterocycles. The molecule has 18 heavy (non-hydrogen) atoms. The van der Waals surface area contributed by atoms with Crippen LogP contribution in [-0.4, -0.2) is 32.5 Å². The van der Waals surface area contributed by atoms with E-state index in [1.807, 2.05) is 0 Å². The van der Waals surface area contributed by atoms with Gasteiger partial charge in [0.05, 0.1) is 11.6 Å². The van der Waals surface area contributed by atoms with Gasteiger partial charge in [-0.1, -0.05) is 0 Å². The van der Waals surface area contributed by atoms with Gasteiger partial charge in [0, 0.05) is 25.6 Å². The number of ether oxygens (including phenoxy) is 1. The minimum absolute atomic E-state index is 0.105. The summed E-state index contributed by atoms with van der Waals surface area (Å²) in [7, 11) is 3.12. The Labute approximate surface area is 114 Å². The van der Waals surface area contributed by atoms with E-state index >= 15 is 0 Å². The second-order valence-electron chi connectivity index (χ2n) is 3.53. The van der Waals surface area contributed by atoms with E-state index in [0.717, 1.165) is 0 Å². The van der Waals surface area contributed by atoms with Gasteiger partial charge < -0.3 is 15.4 Å². The van der Waals surface area contributed by atoms with Gasteiger partial charge in [-0.15, -0.1) is 0 Å². The van der Waals surface area contributed by atoms with E-state index < -0.39 is 0 Å². The summed E-state index contributed by atoms with van der Waals surface area (Å²) in [6.07, 6.45) is 0.263. The Morgan fingerprint density at radius 2 is 2.11 bits per heavy atom. The van der Waals surface area contributed by atoms with Crippen molar-refractivity contribution in [3.8, 4) is 5.75 Å². The number of hydrogen-bond acceptors (Lipinski definition) is 3. The van der Waals surface area contributed by atoms with E-state index in [1.165, 1.54) is 0 Å². The number of nitrogens with one attached hydrogen (secondary N) is 2. The van der Waals surface area contributed by atoms with Crippen molar-refractivity contribution >= 4 is 27.7 Å². The monoisotopic (exact) mass is 314 g/mol. The smallest absolute Gasteiger partial charge is 0.251 e. The zero-order valence-corrected chi connectivity index (χ0v) is 11.8. The molecule has 0 unspecified atom stereocenters. The first-order chi connectivity index (χ1) is 8.58. The molecule has 0 aliphatic rings. The molecule has 0 bridgehead atoms. The maximum Gasteiger partial charge on any atom is 0.251 e. The molecule has 5 nitrogen and oxygen atoms in total. The number of hydrogen-bond donors (Lipinski definition) is 2. The highest BCUT2D eigenvalue weighted by Gasteiger charge is 2.08. The van der Waals surface area contributed by atoms with Crippen LogP contribution in [0.5, 0.6) is 5.75 Å². The van der Waals surface area contributed by atoms with Gasteiger partial charge in [0.1, 0.15) is 5.75 Å². The van der Waals surface area contributed by atoms with E-state index in [-0.39, 0.29) is 18.2 Å². The number of carbonyl (C=O) groups is 2. The zero-order valence-electron chi connectivity index (χ0n) is 10.2. The molecule has 1 aromatic rings. The molecule has 1 rings (SSSR count). The maximum atomic E-state index is 11.8. The van der Waals surface area contributed by atoms with E-state index in [9.17, 15) is 9.59 Å². The molecule has 1 aromatic carbocycles. The number of carbonyl (C=O) groups excluding carboxylic acids is 2. The lowest BCUT2D eigenvalue weighted by atomic mass is 10.2. The maximum absolute atomic E-state index is 11.8. The van der Waals surface area contributed by atoms with Crippen molar-refractivity contribution in [2.45, 2.75) is 6.42 Å². The summed E-state index contributed by atoms with van der Waals surface area (Å²) in [6.45, 7) is 0.308. The third-order valence-electron chi connectivity index (χ3n) is 2.33. The first-order valence-corrected chi connectivity index (χ1v) is 6.20. The van der Waals surface area contributed by atoms with Crippen LogP contribution in [0, 0.1) is 0 Å². The fourth-order valence-corrected chi connectivity index (χ4v) is 1.86. The highest BCUT2D eigenvalue weighted by atomic mass is 79.9. The van der Waals surface area contributed by atoms with Gasteiger partial charge in [0.2, 0.25) is 5.91 Å².